The monoisotopic (exact) mass is 369 g/mol. The molecule has 1 amide bonds. The minimum absolute atomic E-state index is 0.0238. The summed E-state index contributed by atoms with van der Waals surface area (Å²) in [4.78, 5) is 23.6. The van der Waals surface area contributed by atoms with Crippen LogP contribution in [0.5, 0.6) is 5.75 Å². The van der Waals surface area contributed by atoms with Crippen LogP contribution in [-0.4, -0.2) is 36.5 Å². The van der Waals surface area contributed by atoms with Gasteiger partial charge in [-0.15, -0.1) is 0 Å². The summed E-state index contributed by atoms with van der Waals surface area (Å²) < 4.78 is 8.39. The van der Waals surface area contributed by atoms with Crippen molar-refractivity contribution in [3.63, 3.8) is 0 Å². The largest absolute Gasteiger partial charge is 0.477 e. The number of aryl methyl sites for hydroxylation is 3. The zero-order valence-corrected chi connectivity index (χ0v) is 15.1. The van der Waals surface area contributed by atoms with Gasteiger partial charge in [0.05, 0.1) is 29.8 Å². The quantitative estimate of drug-likeness (QED) is 0.689. The third-order valence-corrected chi connectivity index (χ3v) is 3.96. The molecule has 0 atom stereocenters. The maximum absolute atomic E-state index is 12.3. The van der Waals surface area contributed by atoms with E-state index < -0.39 is 11.9 Å². The standard InChI is InChI=1S/C18H19N5O4/c1-11-4-5-15(12(2)6-11)27-10-23-9-13(7-20-23)21-17(24)14-8-19-22(3)16(14)18(25)26/h4-9H,10H2,1-3H3,(H,21,24)(H,25,26). The number of carbonyl (C=O) groups excluding carboxylic acids is 1. The molecule has 3 rings (SSSR count). The van der Waals surface area contributed by atoms with Crippen LogP contribution < -0.4 is 10.1 Å². The minimum Gasteiger partial charge on any atom is -0.477 e. The number of carboxylic acids is 1. The van der Waals surface area contributed by atoms with Crippen LogP contribution in [0.2, 0.25) is 0 Å². The number of hydrogen-bond acceptors (Lipinski definition) is 5. The fourth-order valence-corrected chi connectivity index (χ4v) is 2.65. The molecule has 1 aromatic carbocycles. The van der Waals surface area contributed by atoms with E-state index in [2.05, 4.69) is 15.5 Å². The number of aromatic carboxylic acids is 1. The molecule has 2 heterocycles. The zero-order chi connectivity index (χ0) is 19.6. The Bertz CT molecular complexity index is 1010. The highest BCUT2D eigenvalue weighted by Crippen LogP contribution is 2.19. The lowest BCUT2D eigenvalue weighted by Crippen LogP contribution is -2.17. The van der Waals surface area contributed by atoms with Gasteiger partial charge in [0.15, 0.2) is 12.4 Å². The molecular formula is C18H19N5O4. The van der Waals surface area contributed by atoms with E-state index in [9.17, 15) is 14.7 Å². The number of amides is 1. The van der Waals surface area contributed by atoms with Crippen molar-refractivity contribution in [3.8, 4) is 5.75 Å². The molecule has 0 radical (unpaired) electrons. The summed E-state index contributed by atoms with van der Waals surface area (Å²) in [5.41, 5.74) is 2.39. The second-order valence-electron chi connectivity index (χ2n) is 6.10. The summed E-state index contributed by atoms with van der Waals surface area (Å²) in [5, 5.41) is 19.8. The molecule has 9 nitrogen and oxygen atoms in total. The average molecular weight is 369 g/mol. The summed E-state index contributed by atoms with van der Waals surface area (Å²) in [6.45, 7) is 4.15. The number of carbonyl (C=O) groups is 2. The molecule has 0 saturated carbocycles. The van der Waals surface area contributed by atoms with E-state index in [1.165, 1.54) is 24.1 Å². The number of anilines is 1. The topological polar surface area (TPSA) is 111 Å². The molecule has 0 saturated heterocycles. The summed E-state index contributed by atoms with van der Waals surface area (Å²) in [5.74, 6) is -1.05. The first kappa shape index (κ1) is 18.2. The highest BCUT2D eigenvalue weighted by molar-refractivity contribution is 6.09. The van der Waals surface area contributed by atoms with Gasteiger partial charge in [-0.3, -0.25) is 9.48 Å². The Morgan fingerprint density at radius 1 is 1.22 bits per heavy atom. The molecule has 0 aliphatic heterocycles. The molecule has 9 heteroatoms. The van der Waals surface area contributed by atoms with Gasteiger partial charge in [0.2, 0.25) is 0 Å². The maximum Gasteiger partial charge on any atom is 0.354 e. The molecule has 2 N–H and O–H groups in total. The molecule has 0 unspecified atom stereocenters. The molecule has 0 bridgehead atoms. The first-order chi connectivity index (χ1) is 12.8. The maximum atomic E-state index is 12.3. The van der Waals surface area contributed by atoms with Gasteiger partial charge in [0.25, 0.3) is 5.91 Å². The second kappa shape index (κ2) is 7.32. The van der Waals surface area contributed by atoms with Crippen LogP contribution in [0.15, 0.2) is 36.8 Å². The lowest BCUT2D eigenvalue weighted by Gasteiger charge is -2.09. The predicted molar refractivity (Wildman–Crippen MR) is 96.9 cm³/mol. The molecule has 0 aliphatic rings. The average Bonchev–Trinajstić information content (AvgIpc) is 3.20. The molecule has 0 aliphatic carbocycles. The van der Waals surface area contributed by atoms with Gasteiger partial charge in [0, 0.05) is 7.05 Å². The van der Waals surface area contributed by atoms with Crippen molar-refractivity contribution in [3.05, 3.63) is 59.2 Å². The number of rotatable bonds is 6. The second-order valence-corrected chi connectivity index (χ2v) is 6.10. The Hall–Kier alpha value is -3.62. The Balaban J connectivity index is 1.66. The fraction of sp³-hybridized carbons (Fsp3) is 0.222. The first-order valence-electron chi connectivity index (χ1n) is 8.14. The minimum atomic E-state index is -1.22. The van der Waals surface area contributed by atoms with Crippen molar-refractivity contribution >= 4 is 17.6 Å². The summed E-state index contributed by atoms with van der Waals surface area (Å²) in [6, 6.07) is 5.88. The number of hydrogen-bond donors (Lipinski definition) is 2. The Kier molecular flexibility index (Phi) is 4.93. The number of nitrogens with zero attached hydrogens (tertiary/aromatic N) is 4. The molecule has 2 aromatic heterocycles. The van der Waals surface area contributed by atoms with Gasteiger partial charge in [-0.2, -0.15) is 10.2 Å². The Morgan fingerprint density at radius 2 is 2.00 bits per heavy atom. The van der Waals surface area contributed by atoms with Crippen molar-refractivity contribution in [2.75, 3.05) is 5.32 Å². The molecule has 0 spiro atoms. The van der Waals surface area contributed by atoms with Gasteiger partial charge < -0.3 is 15.2 Å². The number of aromatic nitrogens is 4. The number of carboxylic acid groups (broad SMARTS) is 1. The van der Waals surface area contributed by atoms with Gasteiger partial charge in [0.1, 0.15) is 5.75 Å². The fourth-order valence-electron chi connectivity index (χ4n) is 2.65. The predicted octanol–water partition coefficient (Wildman–Crippen LogP) is 2.22. The van der Waals surface area contributed by atoms with Crippen molar-refractivity contribution in [2.45, 2.75) is 20.6 Å². The smallest absolute Gasteiger partial charge is 0.354 e. The van der Waals surface area contributed by atoms with E-state index in [1.54, 1.807) is 6.20 Å². The lowest BCUT2D eigenvalue weighted by molar-refractivity contribution is 0.0680. The summed E-state index contributed by atoms with van der Waals surface area (Å²) >= 11 is 0. The molecule has 0 fully saturated rings. The van der Waals surface area contributed by atoms with Crippen molar-refractivity contribution < 1.29 is 19.4 Å². The van der Waals surface area contributed by atoms with Gasteiger partial charge in [-0.05, 0) is 25.5 Å². The van der Waals surface area contributed by atoms with E-state index in [0.717, 1.165) is 21.6 Å². The van der Waals surface area contributed by atoms with Gasteiger partial charge in [-0.1, -0.05) is 17.7 Å². The number of ether oxygens (including phenoxy) is 1. The van der Waals surface area contributed by atoms with E-state index in [1.807, 2.05) is 32.0 Å². The Morgan fingerprint density at radius 3 is 2.70 bits per heavy atom. The Labute approximate surface area is 155 Å². The zero-order valence-electron chi connectivity index (χ0n) is 15.1. The highest BCUT2D eigenvalue weighted by atomic mass is 16.5. The van der Waals surface area contributed by atoms with Crippen LogP contribution in [0.1, 0.15) is 32.0 Å². The SMILES string of the molecule is Cc1ccc(OCn2cc(NC(=O)c3cnn(C)c3C(=O)O)cn2)c(C)c1. The van der Waals surface area contributed by atoms with Crippen molar-refractivity contribution in [2.24, 2.45) is 7.05 Å². The number of nitrogens with one attached hydrogen (secondary N) is 1. The third-order valence-electron chi connectivity index (χ3n) is 3.96. The van der Waals surface area contributed by atoms with Crippen LogP contribution in [0.4, 0.5) is 5.69 Å². The van der Waals surface area contributed by atoms with Gasteiger partial charge >= 0.3 is 5.97 Å². The van der Waals surface area contributed by atoms with E-state index in [4.69, 9.17) is 4.74 Å². The summed E-state index contributed by atoms with van der Waals surface area (Å²) in [6.07, 6.45) is 4.27. The molecule has 3 aromatic rings. The van der Waals surface area contributed by atoms with Crippen LogP contribution in [0.3, 0.4) is 0 Å². The normalized spacial score (nSPS) is 10.6. The summed E-state index contributed by atoms with van der Waals surface area (Å²) in [7, 11) is 1.46. The van der Waals surface area contributed by atoms with E-state index in [-0.39, 0.29) is 18.0 Å². The molecule has 140 valence electrons. The van der Waals surface area contributed by atoms with E-state index >= 15 is 0 Å². The third kappa shape index (κ3) is 3.97. The highest BCUT2D eigenvalue weighted by Gasteiger charge is 2.21. The molecule has 27 heavy (non-hydrogen) atoms. The molecular weight excluding hydrogens is 350 g/mol. The van der Waals surface area contributed by atoms with Crippen LogP contribution in [0.25, 0.3) is 0 Å². The van der Waals surface area contributed by atoms with Gasteiger partial charge in [-0.25, -0.2) is 9.48 Å². The van der Waals surface area contributed by atoms with Crippen molar-refractivity contribution in [1.29, 1.82) is 0 Å². The lowest BCUT2D eigenvalue weighted by atomic mass is 10.1. The van der Waals surface area contributed by atoms with Crippen molar-refractivity contribution in [1.82, 2.24) is 19.6 Å². The number of benzene rings is 1. The van der Waals surface area contributed by atoms with Crippen LogP contribution >= 0.6 is 0 Å². The van der Waals surface area contributed by atoms with E-state index in [0.29, 0.717) is 5.69 Å². The van der Waals surface area contributed by atoms with Crippen LogP contribution in [0, 0.1) is 13.8 Å². The van der Waals surface area contributed by atoms with Crippen LogP contribution in [-0.2, 0) is 13.8 Å². The first-order valence-corrected chi connectivity index (χ1v) is 8.14.